The van der Waals surface area contributed by atoms with Gasteiger partial charge in [0.2, 0.25) is 0 Å². The molecule has 0 aliphatic rings. The van der Waals surface area contributed by atoms with E-state index in [0.717, 1.165) is 12.1 Å². The van der Waals surface area contributed by atoms with Crippen molar-refractivity contribution in [2.24, 2.45) is 0 Å². The molecule has 0 saturated heterocycles. The number of benzene rings is 3. The van der Waals surface area contributed by atoms with Gasteiger partial charge in [0.25, 0.3) is 36.3 Å². The van der Waals surface area contributed by atoms with Gasteiger partial charge in [-0.1, -0.05) is 6.07 Å². The molecule has 176 valence electrons. The fourth-order valence-electron chi connectivity index (χ4n) is 3.05. The van der Waals surface area contributed by atoms with Gasteiger partial charge >= 0.3 is 29.6 Å². The zero-order chi connectivity index (χ0) is 24.9. The van der Waals surface area contributed by atoms with Crippen molar-refractivity contribution in [2.45, 2.75) is 21.6 Å². The molecule has 16 heteroatoms. The van der Waals surface area contributed by atoms with Crippen LogP contribution in [0.2, 0.25) is 0 Å². The monoisotopic (exact) mass is 539 g/mol. The van der Waals surface area contributed by atoms with Crippen LogP contribution >= 0.6 is 0 Å². The van der Waals surface area contributed by atoms with Gasteiger partial charge in [0.1, 0.15) is 9.79 Å². The molecule has 1 amide bonds. The summed E-state index contributed by atoms with van der Waals surface area (Å²) in [5, 5.41) is 1.00. The van der Waals surface area contributed by atoms with Gasteiger partial charge in [0.15, 0.2) is 0 Å². The molecule has 3 aromatic carbocycles. The molecule has 0 heterocycles. The second-order valence-electron chi connectivity index (χ2n) is 6.91. The van der Waals surface area contributed by atoms with Crippen LogP contribution in [0.25, 0.3) is 10.8 Å². The Hall–Kier alpha value is -2.08. The normalized spacial score (nSPS) is 12.2. The molecule has 0 unspecified atom stereocenters. The van der Waals surface area contributed by atoms with E-state index in [2.05, 4.69) is 5.32 Å². The standard InChI is InChI=1S/C18H16N2O10S3.Na/c1-9-2-3-10(6-13(9)19)18(21)20-14-4-5-15(32(25,26)27)12-7-11(31(22,23)24)8-16(17(12)14)33(28,29)30;/h2-8H,19H2,1H3,(H,20,21)(H,22,23,24)(H,25,26,27)(H,28,29,30);/q;+1. The molecule has 0 aliphatic carbocycles. The van der Waals surface area contributed by atoms with Crippen molar-refractivity contribution in [2.75, 3.05) is 11.1 Å². The Morgan fingerprint density at radius 2 is 1.41 bits per heavy atom. The van der Waals surface area contributed by atoms with Crippen LogP contribution in [-0.4, -0.2) is 44.8 Å². The van der Waals surface area contributed by atoms with Gasteiger partial charge in [-0.05, 0) is 48.9 Å². The number of amides is 1. The molecule has 0 aromatic heterocycles. The number of rotatable bonds is 5. The zero-order valence-electron chi connectivity index (χ0n) is 17.5. The van der Waals surface area contributed by atoms with E-state index in [1.54, 1.807) is 13.0 Å². The number of nitrogens with one attached hydrogen (secondary N) is 1. The summed E-state index contributed by atoms with van der Waals surface area (Å²) >= 11 is 0. The molecule has 0 bridgehead atoms. The Bertz CT molecular complexity index is 1650. The number of nitrogen functional groups attached to an aromatic ring is 1. The van der Waals surface area contributed by atoms with Crippen LogP contribution in [0, 0.1) is 6.92 Å². The van der Waals surface area contributed by atoms with E-state index >= 15 is 0 Å². The van der Waals surface area contributed by atoms with Gasteiger partial charge < -0.3 is 11.1 Å². The quantitative estimate of drug-likeness (QED) is 0.146. The number of fused-ring (bicyclic) bond motifs is 1. The Labute approximate surface area is 216 Å². The molecule has 0 atom stereocenters. The number of carbonyl (C=O) groups excluding carboxylic acids is 1. The van der Waals surface area contributed by atoms with E-state index < -0.39 is 61.7 Å². The van der Waals surface area contributed by atoms with E-state index in [9.17, 15) is 43.7 Å². The first kappa shape index (κ1) is 28.2. The third kappa shape index (κ3) is 5.76. The van der Waals surface area contributed by atoms with Crippen LogP contribution in [0.3, 0.4) is 0 Å². The Balaban J connectivity index is 0.00000408. The molecule has 12 nitrogen and oxygen atoms in total. The Morgan fingerprint density at radius 1 is 0.824 bits per heavy atom. The topological polar surface area (TPSA) is 218 Å². The molecule has 3 rings (SSSR count). The van der Waals surface area contributed by atoms with Crippen LogP contribution < -0.4 is 40.6 Å². The predicted molar refractivity (Wildman–Crippen MR) is 117 cm³/mol. The number of hydrogen-bond acceptors (Lipinski definition) is 8. The van der Waals surface area contributed by atoms with Crippen molar-refractivity contribution in [3.8, 4) is 0 Å². The van der Waals surface area contributed by atoms with Gasteiger partial charge in [-0.25, -0.2) is 0 Å². The fourth-order valence-corrected chi connectivity index (χ4v) is 5.09. The van der Waals surface area contributed by atoms with Crippen molar-refractivity contribution >= 4 is 58.4 Å². The average molecular weight is 540 g/mol. The third-order valence-electron chi connectivity index (χ3n) is 4.66. The number of aryl methyl sites for hydroxylation is 1. The number of nitrogens with two attached hydrogens (primary N) is 1. The SMILES string of the molecule is Cc1ccc(C(=O)Nc2ccc(S(=O)(=O)O)c3cc(S(=O)(=O)O)cc(S(=O)(=O)O)c23)cc1N.[Na+]. The van der Waals surface area contributed by atoms with Crippen molar-refractivity contribution < 1.29 is 73.3 Å². The maximum absolute atomic E-state index is 12.7. The second kappa shape index (κ2) is 9.52. The van der Waals surface area contributed by atoms with Crippen molar-refractivity contribution in [1.29, 1.82) is 0 Å². The fraction of sp³-hybridized carbons (Fsp3) is 0.0556. The van der Waals surface area contributed by atoms with Crippen LogP contribution in [0.4, 0.5) is 11.4 Å². The summed E-state index contributed by atoms with van der Waals surface area (Å²) in [7, 11) is -15.4. The van der Waals surface area contributed by atoms with Gasteiger partial charge in [0, 0.05) is 22.0 Å². The van der Waals surface area contributed by atoms with Gasteiger partial charge in [-0.15, -0.1) is 0 Å². The molecular weight excluding hydrogens is 523 g/mol. The van der Waals surface area contributed by atoms with Crippen molar-refractivity contribution in [1.82, 2.24) is 0 Å². The van der Waals surface area contributed by atoms with E-state index in [0.29, 0.717) is 17.7 Å². The smallest absolute Gasteiger partial charge is 0.398 e. The van der Waals surface area contributed by atoms with Crippen LogP contribution in [-0.2, 0) is 30.4 Å². The van der Waals surface area contributed by atoms with E-state index in [4.69, 9.17) is 5.73 Å². The minimum absolute atomic E-state index is 0. The van der Waals surface area contributed by atoms with Crippen molar-refractivity contribution in [3.63, 3.8) is 0 Å². The molecule has 3 aromatic rings. The van der Waals surface area contributed by atoms with Gasteiger partial charge in [-0.2, -0.15) is 25.3 Å². The number of hydrogen-bond donors (Lipinski definition) is 5. The van der Waals surface area contributed by atoms with Crippen LogP contribution in [0.1, 0.15) is 15.9 Å². The van der Waals surface area contributed by atoms with E-state index in [1.165, 1.54) is 12.1 Å². The number of carbonyl (C=O) groups is 1. The average Bonchev–Trinajstić information content (AvgIpc) is 2.66. The maximum Gasteiger partial charge on any atom is 1.00 e. The van der Waals surface area contributed by atoms with Gasteiger partial charge in [-0.3, -0.25) is 18.5 Å². The Kier molecular flexibility index (Phi) is 7.89. The summed E-state index contributed by atoms with van der Waals surface area (Å²) in [5.41, 5.74) is 6.44. The summed E-state index contributed by atoms with van der Waals surface area (Å²) < 4.78 is 99.4. The summed E-state index contributed by atoms with van der Waals surface area (Å²) in [6.07, 6.45) is 0. The molecule has 34 heavy (non-hydrogen) atoms. The van der Waals surface area contributed by atoms with Crippen LogP contribution in [0.15, 0.2) is 57.2 Å². The predicted octanol–water partition coefficient (Wildman–Crippen LogP) is -1.27. The molecule has 0 saturated carbocycles. The third-order valence-corrected chi connectivity index (χ3v) is 7.28. The molecular formula is C18H16N2NaO10S3+. The molecule has 0 fully saturated rings. The largest absolute Gasteiger partial charge is 1.00 e. The molecule has 0 aliphatic heterocycles. The Morgan fingerprint density at radius 3 is 1.91 bits per heavy atom. The molecule has 6 N–H and O–H groups in total. The van der Waals surface area contributed by atoms with E-state index in [-0.39, 0.29) is 46.5 Å². The molecule has 0 radical (unpaired) electrons. The first-order chi connectivity index (χ1) is 15.0. The van der Waals surface area contributed by atoms with Gasteiger partial charge in [0.05, 0.1) is 10.6 Å². The van der Waals surface area contributed by atoms with Crippen LogP contribution in [0.5, 0.6) is 0 Å². The summed E-state index contributed by atoms with van der Waals surface area (Å²) in [4.78, 5) is 9.55. The maximum atomic E-state index is 12.7. The molecule has 0 spiro atoms. The summed E-state index contributed by atoms with van der Waals surface area (Å²) in [6, 6.07) is 6.95. The summed E-state index contributed by atoms with van der Waals surface area (Å²) in [5.74, 6) is -0.803. The minimum Gasteiger partial charge on any atom is -0.398 e. The zero-order valence-corrected chi connectivity index (χ0v) is 22.0. The van der Waals surface area contributed by atoms with E-state index in [1.807, 2.05) is 0 Å². The second-order valence-corrected chi connectivity index (χ2v) is 11.1. The minimum atomic E-state index is -5.23. The first-order valence-electron chi connectivity index (χ1n) is 8.71. The number of anilines is 2. The van der Waals surface area contributed by atoms with Crippen molar-refractivity contribution in [3.05, 3.63) is 53.6 Å². The first-order valence-corrected chi connectivity index (χ1v) is 13.0. The summed E-state index contributed by atoms with van der Waals surface area (Å²) in [6.45, 7) is 1.70.